The number of methoxy groups -OCH3 is 1. The highest BCUT2D eigenvalue weighted by Gasteiger charge is 2.35. The Morgan fingerprint density at radius 1 is 1.00 bits per heavy atom. The number of anilines is 2. The number of hydrogen-bond acceptors (Lipinski definition) is 12. The van der Waals surface area contributed by atoms with Crippen LogP contribution in [0.2, 0.25) is 5.02 Å². The molecule has 1 aliphatic rings. The largest absolute Gasteiger partial charge is 0.778 e. The minimum atomic E-state index is -4.86. The van der Waals surface area contributed by atoms with Crippen LogP contribution in [0.5, 0.6) is 5.75 Å². The molecule has 2 heterocycles. The van der Waals surface area contributed by atoms with Gasteiger partial charge in [-0.05, 0) is 86.0 Å². The van der Waals surface area contributed by atoms with Gasteiger partial charge in [0, 0.05) is 20.2 Å². The van der Waals surface area contributed by atoms with Crippen molar-refractivity contribution in [2.45, 2.75) is 70.6 Å². The molecule has 0 saturated carbocycles. The van der Waals surface area contributed by atoms with Crippen molar-refractivity contribution in [1.82, 2.24) is 14.5 Å². The van der Waals surface area contributed by atoms with E-state index in [1.807, 2.05) is 54.7 Å². The topological polar surface area (TPSA) is 239 Å². The van der Waals surface area contributed by atoms with Gasteiger partial charge in [-0.1, -0.05) is 79.0 Å². The lowest BCUT2D eigenvalue weighted by atomic mass is 10.0. The second-order valence-electron chi connectivity index (χ2n) is 16.1. The zero-order valence-corrected chi connectivity index (χ0v) is 46.9. The van der Waals surface area contributed by atoms with Gasteiger partial charge in [0.2, 0.25) is 5.91 Å². The van der Waals surface area contributed by atoms with Gasteiger partial charge in [-0.3, -0.25) is 34.0 Å². The number of nitrogens with zero attached hydrogens (tertiary/aromatic N) is 4. The van der Waals surface area contributed by atoms with E-state index in [4.69, 9.17) is 70.6 Å². The minimum absolute atomic E-state index is 0.0104. The summed E-state index contributed by atoms with van der Waals surface area (Å²) >= 11 is 22.9. The standard InChI is InChI=1S/C16H14ClF3N2O4.C14H20ClNO2.C11H11Cl2NO2.C3H8NO5P.C3H9S/c1-8(2)26-14(24)10-6-9(4-5-11(10)17)22-13(23)7-12(16(18,19)20)21(3)15(22)25;1-4-11-7-6-8-12(5-2)14(11)16(10-18-3)13(17)9-15;1-7-6-16-9-5-3-2-4-8(9)14(7)11(15)10(12)13;5-3(6)1-4-2-10(7,8)9;1-4(2)3/h4-8H,1-3H3;6-8H,4-5,9-10H2,1-3H3;2-5,7,10H,6H2,1H3;4H,1-2H2,(H,5,6)(H2,7,8,9);1-3H3/q;;;;+1/p-1. The number of nitrogens with one attached hydrogen (secondary N) is 1. The summed E-state index contributed by atoms with van der Waals surface area (Å²) in [5.41, 5.74) is -0.0446. The minimum Gasteiger partial charge on any atom is -0.778 e. The Morgan fingerprint density at radius 3 is 2.04 bits per heavy atom. The molecule has 74 heavy (non-hydrogen) atoms. The van der Waals surface area contributed by atoms with E-state index < -0.39 is 66.4 Å². The molecule has 4 aromatic rings. The van der Waals surface area contributed by atoms with Crippen LogP contribution in [0.15, 0.2) is 76.3 Å². The van der Waals surface area contributed by atoms with Gasteiger partial charge in [-0.15, -0.1) is 11.6 Å². The van der Waals surface area contributed by atoms with Gasteiger partial charge in [0.1, 0.15) is 38.3 Å². The fourth-order valence-electron chi connectivity index (χ4n) is 6.29. The predicted octanol–water partition coefficient (Wildman–Crippen LogP) is 7.02. The second-order valence-corrected chi connectivity index (χ2v) is 22.0. The number of alkyl halides is 6. The third kappa shape index (κ3) is 21.9. The maximum atomic E-state index is 12.9. The average Bonchev–Trinajstić information content (AvgIpc) is 3.31. The quantitative estimate of drug-likeness (QED) is 0.0378. The van der Waals surface area contributed by atoms with Gasteiger partial charge in [0.25, 0.3) is 11.5 Å². The van der Waals surface area contributed by atoms with Gasteiger partial charge in [0.15, 0.2) is 4.84 Å². The van der Waals surface area contributed by atoms with Crippen molar-refractivity contribution in [3.05, 3.63) is 115 Å². The van der Waals surface area contributed by atoms with Crippen molar-refractivity contribution in [2.24, 2.45) is 7.05 Å². The first-order valence-corrected chi connectivity index (χ1v) is 28.0. The number of carbonyl (C=O) groups is 4. The molecule has 1 aromatic heterocycles. The number of esters is 1. The van der Waals surface area contributed by atoms with Gasteiger partial charge in [-0.2, -0.15) is 13.2 Å². The van der Waals surface area contributed by atoms with Crippen LogP contribution in [-0.2, 0) is 65.4 Å². The predicted molar refractivity (Wildman–Crippen MR) is 283 cm³/mol. The zero-order chi connectivity index (χ0) is 56.8. The third-order valence-electron chi connectivity index (χ3n) is 9.35. The first-order chi connectivity index (χ1) is 34.4. The summed E-state index contributed by atoms with van der Waals surface area (Å²) in [6.45, 7) is 9.48. The summed E-state index contributed by atoms with van der Waals surface area (Å²) in [7, 11) is -1.24. The molecule has 412 valence electrons. The Labute approximate surface area is 450 Å². The van der Waals surface area contributed by atoms with Crippen molar-refractivity contribution in [2.75, 3.05) is 67.7 Å². The van der Waals surface area contributed by atoms with Crippen molar-refractivity contribution < 1.29 is 66.0 Å². The number of amides is 2. The van der Waals surface area contributed by atoms with Gasteiger partial charge >= 0.3 is 23.8 Å². The lowest BCUT2D eigenvalue weighted by Gasteiger charge is -2.35. The molecule has 2 unspecified atom stereocenters. The number of hydrogen-bond donors (Lipinski definition) is 3. The molecule has 0 spiro atoms. The van der Waals surface area contributed by atoms with E-state index in [1.165, 1.54) is 12.1 Å². The highest BCUT2D eigenvalue weighted by molar-refractivity contribution is 7.94. The molecule has 0 fully saturated rings. The molecule has 3 N–H and O–H groups in total. The lowest BCUT2D eigenvalue weighted by Crippen LogP contribution is -2.47. The van der Waals surface area contributed by atoms with Crippen molar-refractivity contribution in [3.8, 4) is 11.4 Å². The number of rotatable bonds is 14. The summed E-state index contributed by atoms with van der Waals surface area (Å²) in [6, 6.07) is 17.3. The Morgan fingerprint density at radius 2 is 1.57 bits per heavy atom. The summed E-state index contributed by atoms with van der Waals surface area (Å²) in [5, 5.41) is 9.98. The monoisotopic (exact) mass is 1160 g/mol. The molecule has 0 bridgehead atoms. The number of aromatic nitrogens is 2. The van der Waals surface area contributed by atoms with Gasteiger partial charge < -0.3 is 38.6 Å². The summed E-state index contributed by atoms with van der Waals surface area (Å²) in [4.78, 5) is 90.2. The summed E-state index contributed by atoms with van der Waals surface area (Å²) < 4.78 is 65.1. The lowest BCUT2D eigenvalue weighted by molar-refractivity contribution is -0.193. The first-order valence-electron chi connectivity index (χ1n) is 22.0. The van der Waals surface area contributed by atoms with E-state index in [0.29, 0.717) is 38.5 Å². The molecule has 18 nitrogen and oxygen atoms in total. The van der Waals surface area contributed by atoms with E-state index in [9.17, 15) is 51.4 Å². The van der Waals surface area contributed by atoms with Crippen LogP contribution in [0.25, 0.3) is 5.69 Å². The number of aryl methyl sites for hydroxylation is 2. The third-order valence-corrected chi connectivity index (χ3v) is 10.9. The van der Waals surface area contributed by atoms with E-state index >= 15 is 0 Å². The van der Waals surface area contributed by atoms with E-state index in [-0.39, 0.29) is 46.7 Å². The number of fused-ring (bicyclic) bond motifs is 1. The maximum Gasteiger partial charge on any atom is 0.431 e. The molecular formula is C47H61Cl4F3N5O13PS. The second kappa shape index (κ2) is 32.1. The van der Waals surface area contributed by atoms with Crippen LogP contribution in [0.4, 0.5) is 24.5 Å². The number of carbonyl (C=O) groups excluding carboxylic acids is 3. The fraction of sp³-hybridized carbons (Fsp3) is 0.447. The molecule has 0 radical (unpaired) electrons. The smallest absolute Gasteiger partial charge is 0.431 e. The number of ether oxygens (including phenoxy) is 3. The normalized spacial score (nSPS) is 13.5. The molecule has 2 atom stereocenters. The molecule has 0 aliphatic carbocycles. The van der Waals surface area contributed by atoms with Crippen LogP contribution in [0.3, 0.4) is 0 Å². The Bertz CT molecular complexity index is 2650. The number of aliphatic carboxylic acids is 1. The fourth-order valence-corrected chi connectivity index (χ4v) is 7.24. The van der Waals surface area contributed by atoms with Crippen LogP contribution in [0, 0.1) is 0 Å². The molecular weight excluding hydrogens is 1100 g/mol. The number of benzene rings is 3. The summed E-state index contributed by atoms with van der Waals surface area (Å²) in [5.74, 6) is -1.76. The molecule has 0 saturated heterocycles. The number of carboxylic acids is 1. The highest BCUT2D eigenvalue weighted by atomic mass is 35.5. The molecule has 2 amide bonds. The van der Waals surface area contributed by atoms with E-state index in [0.717, 1.165) is 48.5 Å². The maximum absolute atomic E-state index is 12.9. The van der Waals surface area contributed by atoms with Crippen molar-refractivity contribution in [3.63, 3.8) is 0 Å². The number of halogens is 7. The van der Waals surface area contributed by atoms with E-state index in [2.05, 4.69) is 32.6 Å². The van der Waals surface area contributed by atoms with E-state index in [1.54, 1.807) is 30.8 Å². The Kier molecular flexibility index (Phi) is 29.2. The number of para-hydroxylation sites is 3. The first kappa shape index (κ1) is 67.4. The summed E-state index contributed by atoms with van der Waals surface area (Å²) in [6.07, 6.45) is 2.32. The SMILES string of the molecule is CC(C)OC(=O)c1cc(-n2c(=O)cc(C(F)(F)F)n(C)c2=O)ccc1Cl.CC1COc2ccccc2N1C(=O)C(Cl)Cl.CCc1cccc(CC)c1N(COC)C(=O)CCl.C[S+](C)C.O=C(O)CNCP(=O)([O-])O. The Hall–Kier alpha value is -4.61. The van der Waals surface area contributed by atoms with Crippen molar-refractivity contribution in [1.29, 1.82) is 0 Å². The molecule has 5 rings (SSSR count). The van der Waals surface area contributed by atoms with Gasteiger partial charge in [-0.25, -0.2) is 14.2 Å². The number of carboxylic acid groups (broad SMARTS) is 1. The zero-order valence-electron chi connectivity index (χ0n) is 42.2. The van der Waals surface area contributed by atoms with Crippen LogP contribution in [-0.4, -0.2) is 118 Å². The highest BCUT2D eigenvalue weighted by Crippen LogP contribution is 2.35. The average molecular weight is 1170 g/mol. The van der Waals surface area contributed by atoms with Crippen molar-refractivity contribution >= 4 is 100 Å². The molecule has 27 heteroatoms. The van der Waals surface area contributed by atoms with Crippen LogP contribution in [0.1, 0.15) is 61.8 Å². The van der Waals surface area contributed by atoms with Crippen LogP contribution >= 0.6 is 54.0 Å². The molecule has 3 aromatic carbocycles. The van der Waals surface area contributed by atoms with Crippen LogP contribution < -0.4 is 36.0 Å². The Balaban J connectivity index is 0.000000503. The molecule has 1 aliphatic heterocycles. The van der Waals surface area contributed by atoms with Gasteiger partial charge in [0.05, 0.1) is 71.4 Å².